The Labute approximate surface area is 117 Å². The van der Waals surface area contributed by atoms with Crippen LogP contribution in [0, 0.1) is 5.92 Å². The largest absolute Gasteiger partial charge is 0.478 e. The second-order valence-electron chi connectivity index (χ2n) is 5.20. The zero-order chi connectivity index (χ0) is 14.5. The minimum absolute atomic E-state index is 0.117. The summed E-state index contributed by atoms with van der Waals surface area (Å²) in [4.78, 5) is 22.7. The number of carboxylic acids is 1. The van der Waals surface area contributed by atoms with Crippen molar-refractivity contribution in [2.45, 2.75) is 31.8 Å². The van der Waals surface area contributed by atoms with Gasteiger partial charge in [0.1, 0.15) is 0 Å². The summed E-state index contributed by atoms with van der Waals surface area (Å²) >= 11 is 0. The van der Waals surface area contributed by atoms with Gasteiger partial charge in [-0.15, -0.1) is 0 Å². The maximum atomic E-state index is 11.9. The zero-order valence-corrected chi connectivity index (χ0v) is 11.2. The third-order valence-corrected chi connectivity index (χ3v) is 3.79. The van der Waals surface area contributed by atoms with Crippen LogP contribution in [0.2, 0.25) is 0 Å². The first-order valence-corrected chi connectivity index (χ1v) is 6.87. The van der Waals surface area contributed by atoms with Gasteiger partial charge < -0.3 is 15.5 Å². The molecule has 5 heteroatoms. The fraction of sp³-hybridized carbons (Fsp3) is 0.467. The molecule has 1 saturated carbocycles. The van der Waals surface area contributed by atoms with Gasteiger partial charge >= 0.3 is 5.97 Å². The van der Waals surface area contributed by atoms with Crippen molar-refractivity contribution in [3.05, 3.63) is 35.4 Å². The van der Waals surface area contributed by atoms with Gasteiger partial charge in [0, 0.05) is 18.0 Å². The zero-order valence-electron chi connectivity index (χ0n) is 11.2. The van der Waals surface area contributed by atoms with E-state index < -0.39 is 5.97 Å². The third-order valence-electron chi connectivity index (χ3n) is 3.79. The molecule has 2 unspecified atom stereocenters. The van der Waals surface area contributed by atoms with E-state index in [1.807, 2.05) is 0 Å². The minimum atomic E-state index is -1.01. The average molecular weight is 277 g/mol. The monoisotopic (exact) mass is 277 g/mol. The van der Waals surface area contributed by atoms with E-state index in [0.717, 1.165) is 25.7 Å². The Morgan fingerprint density at radius 1 is 1.10 bits per heavy atom. The van der Waals surface area contributed by atoms with Crippen molar-refractivity contribution in [1.82, 2.24) is 5.32 Å². The van der Waals surface area contributed by atoms with Crippen molar-refractivity contribution in [2.75, 3.05) is 6.54 Å². The van der Waals surface area contributed by atoms with Crippen LogP contribution in [0.5, 0.6) is 0 Å². The standard InChI is InChI=1S/C15H19NO4/c17-13-4-2-1-3-12(13)9-16-14(18)10-5-7-11(8-6-10)15(19)20/h5-8,12-13,17H,1-4,9H2,(H,16,18)(H,19,20). The highest BCUT2D eigenvalue weighted by atomic mass is 16.4. The van der Waals surface area contributed by atoms with Crippen LogP contribution in [0.3, 0.4) is 0 Å². The molecule has 0 radical (unpaired) electrons. The van der Waals surface area contributed by atoms with Gasteiger partial charge in [-0.05, 0) is 37.1 Å². The molecule has 0 aromatic heterocycles. The lowest BCUT2D eigenvalue weighted by atomic mass is 9.86. The number of hydrogen-bond acceptors (Lipinski definition) is 3. The summed E-state index contributed by atoms with van der Waals surface area (Å²) in [5, 5.41) is 21.4. The highest BCUT2D eigenvalue weighted by Gasteiger charge is 2.23. The third kappa shape index (κ3) is 3.57. The van der Waals surface area contributed by atoms with E-state index in [2.05, 4.69) is 5.32 Å². The number of aromatic carboxylic acids is 1. The van der Waals surface area contributed by atoms with Crippen LogP contribution in [-0.2, 0) is 0 Å². The molecular weight excluding hydrogens is 258 g/mol. The Kier molecular flexibility index (Phi) is 4.74. The van der Waals surface area contributed by atoms with E-state index in [1.165, 1.54) is 24.3 Å². The minimum Gasteiger partial charge on any atom is -0.478 e. The van der Waals surface area contributed by atoms with Gasteiger partial charge in [-0.1, -0.05) is 12.8 Å². The SMILES string of the molecule is O=C(O)c1ccc(C(=O)NCC2CCCCC2O)cc1. The van der Waals surface area contributed by atoms with E-state index in [9.17, 15) is 14.7 Å². The highest BCUT2D eigenvalue weighted by Crippen LogP contribution is 2.23. The maximum absolute atomic E-state index is 11.9. The topological polar surface area (TPSA) is 86.6 Å². The van der Waals surface area contributed by atoms with Crippen molar-refractivity contribution in [1.29, 1.82) is 0 Å². The van der Waals surface area contributed by atoms with Crippen molar-refractivity contribution in [2.24, 2.45) is 5.92 Å². The molecule has 5 nitrogen and oxygen atoms in total. The summed E-state index contributed by atoms with van der Waals surface area (Å²) in [6.07, 6.45) is 3.53. The van der Waals surface area contributed by atoms with Crippen molar-refractivity contribution >= 4 is 11.9 Å². The smallest absolute Gasteiger partial charge is 0.335 e. The Morgan fingerprint density at radius 3 is 2.30 bits per heavy atom. The molecule has 0 heterocycles. The molecule has 20 heavy (non-hydrogen) atoms. The van der Waals surface area contributed by atoms with E-state index in [1.54, 1.807) is 0 Å². The number of benzene rings is 1. The van der Waals surface area contributed by atoms with Gasteiger partial charge in [0.15, 0.2) is 0 Å². The van der Waals surface area contributed by atoms with Gasteiger partial charge in [0.25, 0.3) is 5.91 Å². The molecule has 1 aliphatic rings. The molecule has 0 bridgehead atoms. The number of rotatable bonds is 4. The lowest BCUT2D eigenvalue weighted by Gasteiger charge is -2.27. The number of carbonyl (C=O) groups is 2. The summed E-state index contributed by atoms with van der Waals surface area (Å²) in [5.74, 6) is -1.13. The number of amides is 1. The van der Waals surface area contributed by atoms with Crippen LogP contribution in [0.1, 0.15) is 46.4 Å². The normalized spacial score (nSPS) is 22.2. The van der Waals surface area contributed by atoms with E-state index >= 15 is 0 Å². The Balaban J connectivity index is 1.89. The van der Waals surface area contributed by atoms with Crippen LogP contribution in [0.15, 0.2) is 24.3 Å². The van der Waals surface area contributed by atoms with Gasteiger partial charge in [-0.2, -0.15) is 0 Å². The van der Waals surface area contributed by atoms with Crippen LogP contribution in [0.25, 0.3) is 0 Å². The Hall–Kier alpha value is -1.88. The predicted octanol–water partition coefficient (Wildman–Crippen LogP) is 1.67. The van der Waals surface area contributed by atoms with Gasteiger partial charge in [-0.3, -0.25) is 4.79 Å². The molecule has 1 aliphatic carbocycles. The van der Waals surface area contributed by atoms with E-state index in [-0.39, 0.29) is 23.5 Å². The number of carbonyl (C=O) groups excluding carboxylic acids is 1. The molecule has 0 saturated heterocycles. The van der Waals surface area contributed by atoms with Crippen LogP contribution in [-0.4, -0.2) is 34.7 Å². The molecule has 0 spiro atoms. The quantitative estimate of drug-likeness (QED) is 0.781. The lowest BCUT2D eigenvalue weighted by Crippen LogP contribution is -2.36. The number of carboxylic acid groups (broad SMARTS) is 1. The van der Waals surface area contributed by atoms with Gasteiger partial charge in [0.2, 0.25) is 0 Å². The molecule has 1 amide bonds. The number of aliphatic hydroxyl groups is 1. The molecule has 1 fully saturated rings. The summed E-state index contributed by atoms with van der Waals surface area (Å²) in [5.41, 5.74) is 0.588. The van der Waals surface area contributed by atoms with Crippen LogP contribution >= 0.6 is 0 Å². The molecule has 1 aromatic carbocycles. The summed E-state index contributed by atoms with van der Waals surface area (Å²) in [6.45, 7) is 0.459. The molecule has 0 aliphatic heterocycles. The lowest BCUT2D eigenvalue weighted by molar-refractivity contribution is 0.0660. The van der Waals surface area contributed by atoms with E-state index in [4.69, 9.17) is 5.11 Å². The average Bonchev–Trinajstić information content (AvgIpc) is 2.46. The molecule has 3 N–H and O–H groups in total. The molecule has 108 valence electrons. The molecule has 2 rings (SSSR count). The van der Waals surface area contributed by atoms with Crippen molar-refractivity contribution in [3.8, 4) is 0 Å². The van der Waals surface area contributed by atoms with Crippen LogP contribution < -0.4 is 5.32 Å². The first kappa shape index (κ1) is 14.5. The molecular formula is C15H19NO4. The highest BCUT2D eigenvalue weighted by molar-refractivity contribution is 5.95. The molecule has 1 aromatic rings. The second-order valence-corrected chi connectivity index (χ2v) is 5.20. The van der Waals surface area contributed by atoms with E-state index in [0.29, 0.717) is 12.1 Å². The Morgan fingerprint density at radius 2 is 1.70 bits per heavy atom. The van der Waals surface area contributed by atoms with Gasteiger partial charge in [-0.25, -0.2) is 4.79 Å². The number of nitrogens with one attached hydrogen (secondary N) is 1. The predicted molar refractivity (Wildman–Crippen MR) is 73.7 cm³/mol. The van der Waals surface area contributed by atoms with Crippen LogP contribution in [0.4, 0.5) is 0 Å². The summed E-state index contributed by atoms with van der Waals surface area (Å²) in [7, 11) is 0. The fourth-order valence-electron chi connectivity index (χ4n) is 2.52. The number of aliphatic hydroxyl groups excluding tert-OH is 1. The first-order chi connectivity index (χ1) is 9.58. The number of hydrogen-bond donors (Lipinski definition) is 3. The fourth-order valence-corrected chi connectivity index (χ4v) is 2.52. The van der Waals surface area contributed by atoms with Crippen molar-refractivity contribution < 1.29 is 19.8 Å². The van der Waals surface area contributed by atoms with Gasteiger partial charge in [0.05, 0.1) is 11.7 Å². The Bertz CT molecular complexity index is 483. The van der Waals surface area contributed by atoms with Crippen molar-refractivity contribution in [3.63, 3.8) is 0 Å². The first-order valence-electron chi connectivity index (χ1n) is 6.87. The summed E-state index contributed by atoms with van der Waals surface area (Å²) in [6, 6.07) is 5.81. The summed E-state index contributed by atoms with van der Waals surface area (Å²) < 4.78 is 0. The molecule has 2 atom stereocenters. The second kappa shape index (κ2) is 6.52. The maximum Gasteiger partial charge on any atom is 0.335 e.